The monoisotopic (exact) mass is 283 g/mol. The maximum atomic E-state index is 11.6. The second kappa shape index (κ2) is 5.46. The molecule has 0 saturated heterocycles. The summed E-state index contributed by atoms with van der Waals surface area (Å²) in [5.41, 5.74) is 4.37. The molecule has 3 atom stereocenters. The number of nitrogens with one attached hydrogen (secondary N) is 1. The van der Waals surface area contributed by atoms with Crippen LogP contribution in [0.5, 0.6) is 0 Å². The van der Waals surface area contributed by atoms with Gasteiger partial charge in [0.2, 0.25) is 5.95 Å². The van der Waals surface area contributed by atoms with E-state index >= 15 is 0 Å². The molecule has 2 aromatic heterocycles. The molecule has 0 aliphatic carbocycles. The van der Waals surface area contributed by atoms with Gasteiger partial charge in [0.1, 0.15) is 18.3 Å². The Morgan fingerprint density at radius 3 is 2.65 bits per heavy atom. The SMILES string of the molecule is Nc1nc2ncc([C@@H](O)[C@H](O)[C@H](O)CO)nc2c(=O)[nH]1. The molecule has 20 heavy (non-hydrogen) atoms. The first kappa shape index (κ1) is 14.3. The van der Waals surface area contributed by atoms with Gasteiger partial charge in [0, 0.05) is 0 Å². The Morgan fingerprint density at radius 2 is 2.00 bits per heavy atom. The number of nitrogen functional groups attached to an aromatic ring is 1. The van der Waals surface area contributed by atoms with Gasteiger partial charge in [-0.3, -0.25) is 9.78 Å². The van der Waals surface area contributed by atoms with Crippen molar-refractivity contribution in [2.75, 3.05) is 12.3 Å². The predicted molar refractivity (Wildman–Crippen MR) is 66.4 cm³/mol. The predicted octanol–water partition coefficient (Wildman–Crippen LogP) is -2.96. The molecular weight excluding hydrogens is 270 g/mol. The molecule has 0 bridgehead atoms. The third-order valence-corrected chi connectivity index (χ3v) is 2.66. The smallest absolute Gasteiger partial charge is 0.280 e. The summed E-state index contributed by atoms with van der Waals surface area (Å²) >= 11 is 0. The quantitative estimate of drug-likeness (QED) is 0.342. The summed E-state index contributed by atoms with van der Waals surface area (Å²) in [6.07, 6.45) is -3.75. The van der Waals surface area contributed by atoms with E-state index in [2.05, 4.69) is 19.9 Å². The zero-order chi connectivity index (χ0) is 14.9. The van der Waals surface area contributed by atoms with Gasteiger partial charge in [0.25, 0.3) is 5.56 Å². The first-order valence-electron chi connectivity index (χ1n) is 5.61. The molecule has 2 heterocycles. The molecule has 0 radical (unpaired) electrons. The van der Waals surface area contributed by atoms with E-state index in [-0.39, 0.29) is 22.8 Å². The molecule has 0 aliphatic heterocycles. The van der Waals surface area contributed by atoms with Crippen LogP contribution in [0.1, 0.15) is 11.8 Å². The molecule has 0 unspecified atom stereocenters. The fourth-order valence-corrected chi connectivity index (χ4v) is 1.58. The summed E-state index contributed by atoms with van der Waals surface area (Å²) in [5, 5.41) is 37.4. The highest BCUT2D eigenvalue weighted by Crippen LogP contribution is 2.17. The lowest BCUT2D eigenvalue weighted by atomic mass is 10.1. The van der Waals surface area contributed by atoms with Gasteiger partial charge < -0.3 is 26.2 Å². The maximum absolute atomic E-state index is 11.6. The lowest BCUT2D eigenvalue weighted by Gasteiger charge is -2.20. The number of fused-ring (bicyclic) bond motifs is 1. The lowest BCUT2D eigenvalue weighted by Crippen LogP contribution is -2.35. The number of aliphatic hydroxyl groups is 4. The van der Waals surface area contributed by atoms with Gasteiger partial charge in [0.05, 0.1) is 18.5 Å². The highest BCUT2D eigenvalue weighted by molar-refractivity contribution is 5.69. The van der Waals surface area contributed by atoms with Crippen molar-refractivity contribution in [3.05, 3.63) is 22.2 Å². The fraction of sp³-hybridized carbons (Fsp3) is 0.400. The van der Waals surface area contributed by atoms with Crippen LogP contribution < -0.4 is 11.3 Å². The fourth-order valence-electron chi connectivity index (χ4n) is 1.58. The van der Waals surface area contributed by atoms with Crippen LogP contribution in [0.15, 0.2) is 11.0 Å². The number of hydrogen-bond acceptors (Lipinski definition) is 9. The van der Waals surface area contributed by atoms with Gasteiger partial charge in [-0.25, -0.2) is 9.97 Å². The van der Waals surface area contributed by atoms with E-state index in [1.165, 1.54) is 0 Å². The van der Waals surface area contributed by atoms with Crippen LogP contribution in [-0.2, 0) is 0 Å². The minimum atomic E-state index is -1.67. The van der Waals surface area contributed by atoms with E-state index < -0.39 is 30.5 Å². The number of rotatable bonds is 4. The van der Waals surface area contributed by atoms with Gasteiger partial charge in [-0.1, -0.05) is 0 Å². The molecule has 0 spiro atoms. The molecule has 2 rings (SSSR count). The van der Waals surface area contributed by atoms with Crippen LogP contribution in [-0.4, -0.2) is 59.2 Å². The molecule has 0 amide bonds. The summed E-state index contributed by atoms with van der Waals surface area (Å²) in [4.78, 5) is 25.2. The number of hydrogen-bond donors (Lipinski definition) is 6. The molecule has 0 aromatic carbocycles. The minimum Gasteiger partial charge on any atom is -0.394 e. The number of aliphatic hydroxyl groups excluding tert-OH is 4. The summed E-state index contributed by atoms with van der Waals surface area (Å²) in [5.74, 6) is -0.124. The van der Waals surface area contributed by atoms with Crippen molar-refractivity contribution in [3.63, 3.8) is 0 Å². The van der Waals surface area contributed by atoms with E-state index in [1.807, 2.05) is 0 Å². The van der Waals surface area contributed by atoms with Gasteiger partial charge in [-0.2, -0.15) is 4.98 Å². The van der Waals surface area contributed by atoms with E-state index in [1.54, 1.807) is 0 Å². The zero-order valence-electron chi connectivity index (χ0n) is 10.1. The summed E-state index contributed by atoms with van der Waals surface area (Å²) in [6, 6.07) is 0. The maximum Gasteiger partial charge on any atom is 0.280 e. The Morgan fingerprint density at radius 1 is 1.30 bits per heavy atom. The van der Waals surface area contributed by atoms with Crippen LogP contribution >= 0.6 is 0 Å². The van der Waals surface area contributed by atoms with Gasteiger partial charge in [0.15, 0.2) is 11.2 Å². The van der Waals surface area contributed by atoms with Gasteiger partial charge >= 0.3 is 0 Å². The first-order chi connectivity index (χ1) is 9.43. The summed E-state index contributed by atoms with van der Waals surface area (Å²) < 4.78 is 0. The topological polar surface area (TPSA) is 178 Å². The molecule has 108 valence electrons. The normalized spacial score (nSPS) is 16.0. The van der Waals surface area contributed by atoms with Crippen LogP contribution in [0.25, 0.3) is 11.2 Å². The second-order valence-corrected chi connectivity index (χ2v) is 4.10. The third-order valence-electron chi connectivity index (χ3n) is 2.66. The standard InChI is InChI=1S/C10H13N5O5/c11-10-14-8-5(9(20)15-10)13-3(1-12-8)6(18)7(19)4(17)2-16/h1,4,6-7,16-19H,2H2,(H3,11,12,14,15,20)/t4-,6-,7-/m1/s1. The van der Waals surface area contributed by atoms with Crippen molar-refractivity contribution >= 4 is 17.1 Å². The van der Waals surface area contributed by atoms with Crippen LogP contribution in [0.2, 0.25) is 0 Å². The Labute approximate surface area is 111 Å². The molecule has 0 saturated carbocycles. The van der Waals surface area contributed by atoms with Crippen molar-refractivity contribution in [2.45, 2.75) is 18.3 Å². The largest absolute Gasteiger partial charge is 0.394 e. The number of nitrogens with zero attached hydrogens (tertiary/aromatic N) is 3. The molecule has 10 heteroatoms. The molecule has 2 aromatic rings. The van der Waals surface area contributed by atoms with Crippen molar-refractivity contribution in [3.8, 4) is 0 Å². The summed E-state index contributed by atoms with van der Waals surface area (Å²) in [6.45, 7) is -0.738. The number of aromatic amines is 1. The first-order valence-corrected chi connectivity index (χ1v) is 5.61. The van der Waals surface area contributed by atoms with E-state index in [0.717, 1.165) is 6.20 Å². The van der Waals surface area contributed by atoms with Crippen molar-refractivity contribution in [1.82, 2.24) is 19.9 Å². The second-order valence-electron chi connectivity index (χ2n) is 4.10. The van der Waals surface area contributed by atoms with Crippen LogP contribution in [0, 0.1) is 0 Å². The molecule has 0 aliphatic rings. The van der Waals surface area contributed by atoms with Crippen LogP contribution in [0.4, 0.5) is 5.95 Å². The Hall–Kier alpha value is -2.14. The average Bonchev–Trinajstić information content (AvgIpc) is 2.44. The minimum absolute atomic E-state index is 0.0144. The van der Waals surface area contributed by atoms with Gasteiger partial charge in [-0.15, -0.1) is 0 Å². The molecule has 10 nitrogen and oxygen atoms in total. The van der Waals surface area contributed by atoms with Crippen molar-refractivity contribution in [2.24, 2.45) is 0 Å². The van der Waals surface area contributed by atoms with Crippen LogP contribution in [0.3, 0.4) is 0 Å². The Bertz CT molecular complexity index is 675. The van der Waals surface area contributed by atoms with Crippen molar-refractivity contribution < 1.29 is 20.4 Å². The number of nitrogens with two attached hydrogens (primary N) is 1. The Kier molecular flexibility index (Phi) is 3.90. The van der Waals surface area contributed by atoms with Gasteiger partial charge in [-0.05, 0) is 0 Å². The molecule has 0 fully saturated rings. The Balaban J connectivity index is 2.44. The summed E-state index contributed by atoms with van der Waals surface area (Å²) in [7, 11) is 0. The lowest BCUT2D eigenvalue weighted by molar-refractivity contribution is -0.0789. The number of anilines is 1. The van der Waals surface area contributed by atoms with E-state index in [0.29, 0.717) is 0 Å². The van der Waals surface area contributed by atoms with E-state index in [9.17, 15) is 20.1 Å². The third kappa shape index (κ3) is 2.58. The molecule has 7 N–H and O–H groups in total. The van der Waals surface area contributed by atoms with E-state index in [4.69, 9.17) is 10.8 Å². The molecular formula is C10H13N5O5. The zero-order valence-corrected chi connectivity index (χ0v) is 10.1. The van der Waals surface area contributed by atoms with Crippen molar-refractivity contribution in [1.29, 1.82) is 0 Å². The average molecular weight is 283 g/mol. The highest BCUT2D eigenvalue weighted by atomic mass is 16.4. The number of H-pyrrole nitrogens is 1. The number of aromatic nitrogens is 4. The highest BCUT2D eigenvalue weighted by Gasteiger charge is 2.27.